The average Bonchev–Trinajstić information content (AvgIpc) is 3.17. The van der Waals surface area contributed by atoms with Gasteiger partial charge in [0.15, 0.2) is 0 Å². The van der Waals surface area contributed by atoms with Gasteiger partial charge in [-0.2, -0.15) is 0 Å². The van der Waals surface area contributed by atoms with Gasteiger partial charge >= 0.3 is 0 Å². The van der Waals surface area contributed by atoms with E-state index in [0.717, 1.165) is 12.5 Å². The second-order valence-corrected chi connectivity index (χ2v) is 5.37. The Labute approximate surface area is 151 Å². The second-order valence-electron chi connectivity index (χ2n) is 5.37. The molecular formula is C18H29NY-2. The molecule has 2 aliphatic rings. The van der Waals surface area contributed by atoms with E-state index >= 15 is 0 Å². The first-order chi connectivity index (χ1) is 8.84. The van der Waals surface area contributed by atoms with Crippen LogP contribution in [0.2, 0.25) is 0 Å². The zero-order valence-electron chi connectivity index (χ0n) is 13.4. The molecule has 3 rings (SSSR count). The first-order valence-corrected chi connectivity index (χ1v) is 7.41. The predicted octanol–water partition coefficient (Wildman–Crippen LogP) is 4.56. The third-order valence-electron chi connectivity index (χ3n) is 4.56. The van der Waals surface area contributed by atoms with E-state index in [4.69, 9.17) is 0 Å². The normalized spacial score (nSPS) is 22.9. The van der Waals surface area contributed by atoms with Crippen molar-refractivity contribution < 1.29 is 32.7 Å². The Kier molecular flexibility index (Phi) is 9.46. The van der Waals surface area contributed by atoms with Gasteiger partial charge in [-0.05, 0) is 49.2 Å². The Balaban J connectivity index is 0.000000866. The van der Waals surface area contributed by atoms with E-state index in [1.807, 2.05) is 13.8 Å². The van der Waals surface area contributed by atoms with Gasteiger partial charge in [-0.25, -0.2) is 0 Å². The van der Waals surface area contributed by atoms with Crippen LogP contribution in [0, 0.1) is 19.8 Å². The van der Waals surface area contributed by atoms with Gasteiger partial charge < -0.3 is 19.3 Å². The van der Waals surface area contributed by atoms with Crippen molar-refractivity contribution in [3.8, 4) is 0 Å². The van der Waals surface area contributed by atoms with Gasteiger partial charge in [-0.1, -0.05) is 44.2 Å². The first-order valence-electron chi connectivity index (χ1n) is 7.41. The van der Waals surface area contributed by atoms with Gasteiger partial charge in [0.2, 0.25) is 0 Å². The van der Waals surface area contributed by atoms with Crippen molar-refractivity contribution in [2.75, 3.05) is 19.6 Å². The van der Waals surface area contributed by atoms with Crippen molar-refractivity contribution in [2.45, 2.75) is 39.0 Å². The predicted molar refractivity (Wildman–Crippen MR) is 85.0 cm³/mol. The molecule has 1 aromatic rings. The van der Waals surface area contributed by atoms with Gasteiger partial charge in [0.25, 0.3) is 0 Å². The Hall–Kier alpha value is 0.284. The SMILES string of the molecule is CC.[CH2-]CN1CCC2(CC1)CC2c1ccccc1.[CH3-].[Y]. The molecule has 0 aromatic heterocycles. The number of likely N-dealkylation sites (tertiary alicyclic amines) is 1. The molecule has 1 nitrogen and oxygen atoms in total. The zero-order valence-corrected chi connectivity index (χ0v) is 16.3. The summed E-state index contributed by atoms with van der Waals surface area (Å²) >= 11 is 0. The fraction of sp³-hybridized carbons (Fsp3) is 0.556. The van der Waals surface area contributed by atoms with E-state index in [-0.39, 0.29) is 40.1 Å². The number of piperidine rings is 1. The van der Waals surface area contributed by atoms with Crippen molar-refractivity contribution in [2.24, 2.45) is 5.41 Å². The monoisotopic (exact) mass is 348 g/mol. The number of nitrogens with zero attached hydrogens (tertiary/aromatic N) is 1. The fourth-order valence-electron chi connectivity index (χ4n) is 3.28. The summed E-state index contributed by atoms with van der Waals surface area (Å²) in [4.78, 5) is 2.48. The van der Waals surface area contributed by atoms with Crippen molar-refractivity contribution in [1.29, 1.82) is 0 Å². The summed E-state index contributed by atoms with van der Waals surface area (Å²) in [5, 5.41) is 0. The smallest absolute Gasteiger partial charge is 0 e. The summed E-state index contributed by atoms with van der Waals surface area (Å²) in [6.45, 7) is 11.5. The Morgan fingerprint density at radius 2 is 1.70 bits per heavy atom. The number of benzene rings is 1. The topological polar surface area (TPSA) is 3.24 Å². The summed E-state index contributed by atoms with van der Waals surface area (Å²) in [6.07, 6.45) is 4.17. The van der Waals surface area contributed by atoms with Crippen LogP contribution in [-0.4, -0.2) is 24.5 Å². The maximum atomic E-state index is 3.98. The van der Waals surface area contributed by atoms with Gasteiger partial charge in [-0.3, -0.25) is 0 Å². The molecule has 1 aromatic carbocycles. The van der Waals surface area contributed by atoms with E-state index < -0.39 is 0 Å². The van der Waals surface area contributed by atoms with E-state index in [2.05, 4.69) is 42.2 Å². The largest absolute Gasteiger partial charge is 0.358 e. The molecule has 20 heavy (non-hydrogen) atoms. The minimum Gasteiger partial charge on any atom is -0.358 e. The molecule has 1 aliphatic heterocycles. The molecule has 0 bridgehead atoms. The minimum absolute atomic E-state index is 0. The Bertz CT molecular complexity index is 355. The third kappa shape index (κ3) is 4.39. The first kappa shape index (κ1) is 20.3. The second kappa shape index (κ2) is 9.33. The summed E-state index contributed by atoms with van der Waals surface area (Å²) in [6, 6.07) is 11.1. The fourth-order valence-corrected chi connectivity index (χ4v) is 3.28. The number of hydrogen-bond acceptors (Lipinski definition) is 1. The standard InChI is InChI=1S/C15H20N.C2H6.CH3.Y/c1-2-16-10-8-15(9-11-16)12-14(15)13-6-4-3-5-7-13;1-2;;/h3-7,14H,1-2,8-12H2;1-2H3;1H3;/q-1;;-1;. The molecule has 1 aliphatic carbocycles. The van der Waals surface area contributed by atoms with E-state index in [0.29, 0.717) is 5.41 Å². The van der Waals surface area contributed by atoms with Crippen LogP contribution < -0.4 is 0 Å². The van der Waals surface area contributed by atoms with Crippen LogP contribution in [-0.2, 0) is 32.7 Å². The van der Waals surface area contributed by atoms with Gasteiger partial charge in [0.1, 0.15) is 0 Å². The quantitative estimate of drug-likeness (QED) is 0.708. The maximum Gasteiger partial charge on any atom is 0 e. The number of hydrogen-bond donors (Lipinski definition) is 0. The average molecular weight is 348 g/mol. The van der Waals surface area contributed by atoms with E-state index in [9.17, 15) is 0 Å². The van der Waals surface area contributed by atoms with Crippen molar-refractivity contribution in [3.63, 3.8) is 0 Å². The van der Waals surface area contributed by atoms with Crippen molar-refractivity contribution >= 4 is 0 Å². The molecule has 1 radical (unpaired) electrons. The van der Waals surface area contributed by atoms with Crippen LogP contribution >= 0.6 is 0 Å². The van der Waals surface area contributed by atoms with Crippen LogP contribution in [0.3, 0.4) is 0 Å². The van der Waals surface area contributed by atoms with Crippen molar-refractivity contribution in [1.82, 2.24) is 4.90 Å². The molecule has 2 fully saturated rings. The molecule has 1 spiro atoms. The Morgan fingerprint density at radius 1 is 1.15 bits per heavy atom. The molecule has 1 atom stereocenters. The molecule has 111 valence electrons. The van der Waals surface area contributed by atoms with Crippen LogP contribution in [0.15, 0.2) is 30.3 Å². The molecule has 0 amide bonds. The van der Waals surface area contributed by atoms with Crippen molar-refractivity contribution in [3.05, 3.63) is 50.2 Å². The molecule has 0 N–H and O–H groups in total. The molecule has 1 unspecified atom stereocenters. The molecule has 1 saturated heterocycles. The van der Waals surface area contributed by atoms with Crippen LogP contribution in [0.5, 0.6) is 0 Å². The molecule has 2 heteroatoms. The molecule has 1 heterocycles. The summed E-state index contributed by atoms with van der Waals surface area (Å²) < 4.78 is 0. The van der Waals surface area contributed by atoms with E-state index in [1.165, 1.54) is 32.4 Å². The van der Waals surface area contributed by atoms with Gasteiger partial charge in [0.05, 0.1) is 0 Å². The maximum absolute atomic E-state index is 3.98. The minimum atomic E-state index is 0. The van der Waals surface area contributed by atoms with Crippen LogP contribution in [0.25, 0.3) is 0 Å². The van der Waals surface area contributed by atoms with Crippen LogP contribution in [0.1, 0.15) is 44.6 Å². The zero-order chi connectivity index (χ0) is 13.0. The molecule has 1 saturated carbocycles. The summed E-state index contributed by atoms with van der Waals surface area (Å²) in [5.74, 6) is 0.848. The Morgan fingerprint density at radius 3 is 2.20 bits per heavy atom. The van der Waals surface area contributed by atoms with Crippen LogP contribution in [0.4, 0.5) is 0 Å². The van der Waals surface area contributed by atoms with Gasteiger partial charge in [-0.15, -0.1) is 6.54 Å². The third-order valence-corrected chi connectivity index (χ3v) is 4.56. The van der Waals surface area contributed by atoms with E-state index in [1.54, 1.807) is 5.56 Å². The summed E-state index contributed by atoms with van der Waals surface area (Å²) in [5.41, 5.74) is 2.22. The molecular weight excluding hydrogens is 319 g/mol. The number of rotatable bonds is 2. The summed E-state index contributed by atoms with van der Waals surface area (Å²) in [7, 11) is 0. The van der Waals surface area contributed by atoms with Gasteiger partial charge in [0, 0.05) is 32.7 Å².